The van der Waals surface area contributed by atoms with E-state index in [0.29, 0.717) is 12.5 Å². The fourth-order valence-electron chi connectivity index (χ4n) is 2.39. The molecule has 0 spiro atoms. The van der Waals surface area contributed by atoms with Gasteiger partial charge in [-0.2, -0.15) is 0 Å². The maximum Gasteiger partial charge on any atom is 0.317 e. The van der Waals surface area contributed by atoms with Crippen LogP contribution in [0.5, 0.6) is 0 Å². The molecule has 1 amide bonds. The molecule has 0 aliphatic rings. The minimum absolute atomic E-state index is 0.131. The average molecular weight is 306 g/mol. The Balaban J connectivity index is 2.84. The number of carbonyl (C=O) groups excluding carboxylic acids is 1. The van der Waals surface area contributed by atoms with Gasteiger partial charge in [0.2, 0.25) is 5.91 Å². The number of para-hydroxylation sites is 1. The zero-order valence-electron chi connectivity index (χ0n) is 13.8. The van der Waals surface area contributed by atoms with E-state index in [9.17, 15) is 9.59 Å². The molecule has 0 fully saturated rings. The highest BCUT2D eigenvalue weighted by molar-refractivity contribution is 5.95. The highest BCUT2D eigenvalue weighted by Crippen LogP contribution is 2.24. The van der Waals surface area contributed by atoms with E-state index in [4.69, 9.17) is 5.11 Å². The molecular weight excluding hydrogens is 280 g/mol. The van der Waals surface area contributed by atoms with E-state index in [-0.39, 0.29) is 12.5 Å². The van der Waals surface area contributed by atoms with Gasteiger partial charge in [-0.05, 0) is 37.4 Å². The number of hydrogen-bond donors (Lipinski definition) is 2. The summed E-state index contributed by atoms with van der Waals surface area (Å²) in [4.78, 5) is 25.1. The van der Waals surface area contributed by atoms with Gasteiger partial charge in [-0.3, -0.25) is 14.5 Å². The number of carboxylic acid groups (broad SMARTS) is 1. The van der Waals surface area contributed by atoms with Gasteiger partial charge in [0.15, 0.2) is 0 Å². The van der Waals surface area contributed by atoms with Crippen molar-refractivity contribution in [2.75, 3.05) is 18.4 Å². The number of anilines is 1. The van der Waals surface area contributed by atoms with Crippen LogP contribution in [0, 0.1) is 0 Å². The summed E-state index contributed by atoms with van der Waals surface area (Å²) in [6.07, 6.45) is 0.799. The van der Waals surface area contributed by atoms with Gasteiger partial charge < -0.3 is 10.4 Å². The summed E-state index contributed by atoms with van der Waals surface area (Å²) in [5.74, 6) is -0.795. The molecule has 0 saturated carbocycles. The summed E-state index contributed by atoms with van der Waals surface area (Å²) in [7, 11) is 0. The van der Waals surface area contributed by atoms with E-state index in [1.807, 2.05) is 31.2 Å². The Hall–Kier alpha value is -1.88. The molecule has 1 rings (SSSR count). The molecule has 5 nitrogen and oxygen atoms in total. The lowest BCUT2D eigenvalue weighted by Gasteiger charge is -2.26. The van der Waals surface area contributed by atoms with E-state index in [1.165, 1.54) is 0 Å². The summed E-state index contributed by atoms with van der Waals surface area (Å²) in [6.45, 7) is 8.30. The maximum atomic E-state index is 12.4. The van der Waals surface area contributed by atoms with Crippen molar-refractivity contribution < 1.29 is 14.7 Å². The van der Waals surface area contributed by atoms with E-state index in [1.54, 1.807) is 11.8 Å². The Morgan fingerprint density at radius 2 is 1.86 bits per heavy atom. The molecular formula is C17H26N2O3. The van der Waals surface area contributed by atoms with Gasteiger partial charge in [0.05, 0.1) is 12.6 Å². The van der Waals surface area contributed by atoms with Crippen molar-refractivity contribution in [3.05, 3.63) is 29.8 Å². The second kappa shape index (κ2) is 8.54. The fourth-order valence-corrected chi connectivity index (χ4v) is 2.39. The second-order valence-electron chi connectivity index (χ2n) is 5.77. The molecule has 1 aromatic rings. The first-order chi connectivity index (χ1) is 10.4. The van der Waals surface area contributed by atoms with Crippen LogP contribution in [0.2, 0.25) is 0 Å². The predicted molar refractivity (Wildman–Crippen MR) is 88.1 cm³/mol. The quantitative estimate of drug-likeness (QED) is 0.775. The summed E-state index contributed by atoms with van der Waals surface area (Å²) in [6, 6.07) is 7.21. The van der Waals surface area contributed by atoms with E-state index in [2.05, 4.69) is 19.2 Å². The Labute approximate surface area is 132 Å². The Morgan fingerprint density at radius 3 is 2.41 bits per heavy atom. The van der Waals surface area contributed by atoms with Gasteiger partial charge in [-0.1, -0.05) is 39.0 Å². The van der Waals surface area contributed by atoms with Crippen LogP contribution in [0.25, 0.3) is 0 Å². The number of carbonyl (C=O) groups is 2. The molecule has 0 heterocycles. The third kappa shape index (κ3) is 5.15. The lowest BCUT2D eigenvalue weighted by molar-refractivity contribution is -0.139. The van der Waals surface area contributed by atoms with Gasteiger partial charge in [0.25, 0.3) is 0 Å². The summed E-state index contributed by atoms with van der Waals surface area (Å²) >= 11 is 0. The first-order valence-electron chi connectivity index (χ1n) is 7.72. The highest BCUT2D eigenvalue weighted by Gasteiger charge is 2.23. The minimum Gasteiger partial charge on any atom is -0.480 e. The fraction of sp³-hybridized carbons (Fsp3) is 0.529. The van der Waals surface area contributed by atoms with Crippen molar-refractivity contribution >= 4 is 17.6 Å². The molecule has 0 saturated heterocycles. The molecule has 0 radical (unpaired) electrons. The van der Waals surface area contributed by atoms with Crippen LogP contribution in [-0.4, -0.2) is 41.0 Å². The first kappa shape index (κ1) is 18.2. The molecule has 0 bridgehead atoms. The van der Waals surface area contributed by atoms with Gasteiger partial charge in [0, 0.05) is 5.69 Å². The Kier molecular flexibility index (Phi) is 7.05. The summed E-state index contributed by atoms with van der Waals surface area (Å²) in [5.41, 5.74) is 1.87. The standard InChI is InChI=1S/C17H26N2O3/c1-5-10-19(11-16(20)21)13(4)17(22)18-15-9-7-6-8-14(15)12(2)3/h6-9,12-13H,5,10-11H2,1-4H3,(H,18,22)(H,20,21). The summed E-state index contributed by atoms with van der Waals surface area (Å²) in [5, 5.41) is 11.9. The zero-order chi connectivity index (χ0) is 16.7. The molecule has 1 atom stereocenters. The maximum absolute atomic E-state index is 12.4. The number of rotatable bonds is 8. The van der Waals surface area contributed by atoms with Crippen molar-refractivity contribution in [3.8, 4) is 0 Å². The molecule has 0 aliphatic carbocycles. The minimum atomic E-state index is -0.921. The van der Waals surface area contributed by atoms with E-state index in [0.717, 1.165) is 17.7 Å². The van der Waals surface area contributed by atoms with Crippen molar-refractivity contribution in [1.29, 1.82) is 0 Å². The predicted octanol–water partition coefficient (Wildman–Crippen LogP) is 2.93. The largest absolute Gasteiger partial charge is 0.480 e. The number of nitrogens with one attached hydrogen (secondary N) is 1. The smallest absolute Gasteiger partial charge is 0.317 e. The van der Waals surface area contributed by atoms with Crippen molar-refractivity contribution in [3.63, 3.8) is 0 Å². The van der Waals surface area contributed by atoms with Crippen LogP contribution in [0.4, 0.5) is 5.69 Å². The second-order valence-corrected chi connectivity index (χ2v) is 5.77. The Bertz CT molecular complexity index is 514. The van der Waals surface area contributed by atoms with E-state index >= 15 is 0 Å². The molecule has 22 heavy (non-hydrogen) atoms. The van der Waals surface area contributed by atoms with Crippen molar-refractivity contribution in [2.45, 2.75) is 46.1 Å². The van der Waals surface area contributed by atoms with Crippen molar-refractivity contribution in [1.82, 2.24) is 4.90 Å². The summed E-state index contributed by atoms with van der Waals surface area (Å²) < 4.78 is 0. The number of carboxylic acids is 1. The molecule has 1 aromatic carbocycles. The van der Waals surface area contributed by atoms with Gasteiger partial charge in [0.1, 0.15) is 0 Å². The first-order valence-corrected chi connectivity index (χ1v) is 7.72. The lowest BCUT2D eigenvalue weighted by atomic mass is 10.0. The number of aliphatic carboxylic acids is 1. The van der Waals surface area contributed by atoms with Crippen LogP contribution >= 0.6 is 0 Å². The number of hydrogen-bond acceptors (Lipinski definition) is 3. The lowest BCUT2D eigenvalue weighted by Crippen LogP contribution is -2.45. The molecule has 0 aromatic heterocycles. The van der Waals surface area contributed by atoms with Crippen LogP contribution in [0.15, 0.2) is 24.3 Å². The zero-order valence-corrected chi connectivity index (χ0v) is 13.8. The molecule has 5 heteroatoms. The molecule has 122 valence electrons. The molecule has 2 N–H and O–H groups in total. The highest BCUT2D eigenvalue weighted by atomic mass is 16.4. The van der Waals surface area contributed by atoms with Gasteiger partial charge >= 0.3 is 5.97 Å². The average Bonchev–Trinajstić information content (AvgIpc) is 2.45. The Morgan fingerprint density at radius 1 is 1.23 bits per heavy atom. The SMILES string of the molecule is CCCN(CC(=O)O)C(C)C(=O)Nc1ccccc1C(C)C. The monoisotopic (exact) mass is 306 g/mol. The van der Waals surface area contributed by atoms with Crippen LogP contribution in [0.1, 0.15) is 45.6 Å². The molecule has 1 unspecified atom stereocenters. The number of benzene rings is 1. The van der Waals surface area contributed by atoms with Crippen molar-refractivity contribution in [2.24, 2.45) is 0 Å². The topological polar surface area (TPSA) is 69.6 Å². The number of amides is 1. The third-order valence-corrected chi connectivity index (χ3v) is 3.62. The molecule has 0 aliphatic heterocycles. The van der Waals surface area contributed by atoms with Crippen LogP contribution in [0.3, 0.4) is 0 Å². The van der Waals surface area contributed by atoms with Crippen LogP contribution in [-0.2, 0) is 9.59 Å². The normalized spacial score (nSPS) is 12.5. The van der Waals surface area contributed by atoms with E-state index < -0.39 is 12.0 Å². The van der Waals surface area contributed by atoms with Gasteiger partial charge in [-0.25, -0.2) is 0 Å². The van der Waals surface area contributed by atoms with Crippen LogP contribution < -0.4 is 5.32 Å². The third-order valence-electron chi connectivity index (χ3n) is 3.62. The van der Waals surface area contributed by atoms with Gasteiger partial charge in [-0.15, -0.1) is 0 Å². The number of nitrogens with zero attached hydrogens (tertiary/aromatic N) is 1.